The highest BCUT2D eigenvalue weighted by Gasteiger charge is 2.31. The second-order valence-corrected chi connectivity index (χ2v) is 6.84. The first kappa shape index (κ1) is 15.9. The van der Waals surface area contributed by atoms with Crippen molar-refractivity contribution in [2.45, 2.75) is 37.1 Å². The lowest BCUT2D eigenvalue weighted by atomic mass is 10.1. The number of hydrogen-bond donors (Lipinski definition) is 1. The summed E-state index contributed by atoms with van der Waals surface area (Å²) in [7, 11) is 0. The zero-order chi connectivity index (χ0) is 16.4. The van der Waals surface area contributed by atoms with E-state index in [1.165, 1.54) is 0 Å². The molecule has 1 unspecified atom stereocenters. The van der Waals surface area contributed by atoms with E-state index in [1.807, 2.05) is 28.8 Å². The fraction of sp³-hybridized carbons (Fsp3) is 0.333. The first-order chi connectivity index (χ1) is 11.1. The molecule has 0 spiro atoms. The van der Waals surface area contributed by atoms with Crippen molar-refractivity contribution in [1.29, 1.82) is 0 Å². The summed E-state index contributed by atoms with van der Waals surface area (Å²) in [4.78, 5) is 25.1. The molecule has 0 saturated heterocycles. The number of aliphatic carboxylic acids is 1. The predicted molar refractivity (Wildman–Crippen MR) is 90.3 cm³/mol. The smallest absolute Gasteiger partial charge is 0.312 e. The van der Waals surface area contributed by atoms with Gasteiger partial charge in [0.05, 0.1) is 11.6 Å². The molecule has 0 bridgehead atoms. The summed E-state index contributed by atoms with van der Waals surface area (Å²) in [6, 6.07) is 11.2. The number of ketones is 1. The maximum Gasteiger partial charge on any atom is 0.312 e. The van der Waals surface area contributed by atoms with Gasteiger partial charge in [-0.05, 0) is 55.0 Å². The van der Waals surface area contributed by atoms with Crippen molar-refractivity contribution < 1.29 is 14.7 Å². The van der Waals surface area contributed by atoms with Crippen LogP contribution in [0, 0.1) is 0 Å². The third kappa shape index (κ3) is 3.06. The summed E-state index contributed by atoms with van der Waals surface area (Å²) < 4.78 is 1.85. The average Bonchev–Trinajstić information content (AvgIpc) is 3.14. The Morgan fingerprint density at radius 2 is 1.96 bits per heavy atom. The maximum absolute atomic E-state index is 12.7. The molecule has 1 aromatic heterocycles. The highest BCUT2D eigenvalue weighted by atomic mass is 32.2. The Bertz CT molecular complexity index is 733. The van der Waals surface area contributed by atoms with E-state index in [9.17, 15) is 14.7 Å². The van der Waals surface area contributed by atoms with Crippen LogP contribution in [-0.4, -0.2) is 27.2 Å². The lowest BCUT2D eigenvalue weighted by molar-refractivity contribution is -0.138. The van der Waals surface area contributed by atoms with Crippen LogP contribution in [0.3, 0.4) is 0 Å². The van der Waals surface area contributed by atoms with E-state index in [1.54, 1.807) is 23.9 Å². The van der Waals surface area contributed by atoms with Gasteiger partial charge in [0.1, 0.15) is 0 Å². The van der Waals surface area contributed by atoms with Crippen molar-refractivity contribution in [3.63, 3.8) is 0 Å². The normalized spacial score (nSPS) is 16.3. The minimum Gasteiger partial charge on any atom is -0.481 e. The molecule has 3 rings (SSSR count). The Morgan fingerprint density at radius 3 is 2.61 bits per heavy atom. The van der Waals surface area contributed by atoms with Gasteiger partial charge in [-0.25, -0.2) is 0 Å². The van der Waals surface area contributed by atoms with Crippen LogP contribution in [0.2, 0.25) is 0 Å². The van der Waals surface area contributed by atoms with Gasteiger partial charge >= 0.3 is 5.97 Å². The molecular weight excluding hydrogens is 310 g/mol. The molecule has 0 saturated carbocycles. The molecule has 2 aromatic rings. The number of fused-ring (bicyclic) bond motifs is 1. The van der Waals surface area contributed by atoms with Crippen LogP contribution in [0.4, 0.5) is 0 Å². The van der Waals surface area contributed by atoms with Gasteiger partial charge in [0.15, 0.2) is 0 Å². The third-order valence-electron chi connectivity index (χ3n) is 4.13. The van der Waals surface area contributed by atoms with Crippen molar-refractivity contribution in [3.8, 4) is 0 Å². The number of benzene rings is 1. The summed E-state index contributed by atoms with van der Waals surface area (Å²) in [5, 5.41) is 9.23. The van der Waals surface area contributed by atoms with Crippen LogP contribution < -0.4 is 0 Å². The molecule has 0 aliphatic carbocycles. The Morgan fingerprint density at radius 1 is 1.22 bits per heavy atom. The minimum atomic E-state index is -0.821. The molecule has 23 heavy (non-hydrogen) atoms. The quantitative estimate of drug-likeness (QED) is 0.647. The lowest BCUT2D eigenvalue weighted by Crippen LogP contribution is -2.10. The number of nitrogens with zero attached hydrogens (tertiary/aromatic N) is 1. The number of carboxylic acid groups (broad SMARTS) is 1. The second-order valence-electron chi connectivity index (χ2n) is 5.68. The van der Waals surface area contributed by atoms with Gasteiger partial charge in [-0.3, -0.25) is 9.59 Å². The Balaban J connectivity index is 1.82. The highest BCUT2D eigenvalue weighted by molar-refractivity contribution is 7.99. The zero-order valence-electron chi connectivity index (χ0n) is 13.0. The van der Waals surface area contributed by atoms with Gasteiger partial charge in [-0.2, -0.15) is 0 Å². The summed E-state index contributed by atoms with van der Waals surface area (Å²) in [5.74, 6) is -0.298. The number of carboxylic acids is 1. The van der Waals surface area contributed by atoms with E-state index in [4.69, 9.17) is 0 Å². The Kier molecular flexibility index (Phi) is 4.57. The molecule has 1 atom stereocenters. The molecule has 1 aliphatic heterocycles. The molecule has 0 radical (unpaired) electrons. The molecule has 0 fully saturated rings. The third-order valence-corrected chi connectivity index (χ3v) is 5.35. The molecule has 2 heterocycles. The number of aromatic nitrogens is 1. The van der Waals surface area contributed by atoms with Crippen LogP contribution in [0.5, 0.6) is 0 Å². The fourth-order valence-electron chi connectivity index (χ4n) is 2.96. The monoisotopic (exact) mass is 329 g/mol. The van der Waals surface area contributed by atoms with E-state index in [0.29, 0.717) is 24.2 Å². The highest BCUT2D eigenvalue weighted by Crippen LogP contribution is 2.31. The molecule has 1 N–H and O–H groups in total. The summed E-state index contributed by atoms with van der Waals surface area (Å²) >= 11 is 1.78. The van der Waals surface area contributed by atoms with Crippen molar-refractivity contribution in [1.82, 2.24) is 4.57 Å². The van der Waals surface area contributed by atoms with E-state index < -0.39 is 11.9 Å². The Hall–Kier alpha value is -2.01. The van der Waals surface area contributed by atoms with Gasteiger partial charge < -0.3 is 9.67 Å². The molecule has 0 amide bonds. The minimum absolute atomic E-state index is 0.0469. The van der Waals surface area contributed by atoms with Gasteiger partial charge in [0.25, 0.3) is 0 Å². The number of carbonyl (C=O) groups excluding carboxylic acids is 1. The molecule has 1 aliphatic rings. The first-order valence-corrected chi connectivity index (χ1v) is 8.80. The largest absolute Gasteiger partial charge is 0.481 e. The molecule has 5 heteroatoms. The average molecular weight is 329 g/mol. The van der Waals surface area contributed by atoms with E-state index in [2.05, 4.69) is 6.92 Å². The van der Waals surface area contributed by atoms with E-state index >= 15 is 0 Å². The van der Waals surface area contributed by atoms with Crippen LogP contribution >= 0.6 is 11.8 Å². The van der Waals surface area contributed by atoms with Gasteiger partial charge in [0, 0.05) is 22.7 Å². The number of carbonyl (C=O) groups is 2. The Labute approximate surface area is 139 Å². The lowest BCUT2D eigenvalue weighted by Gasteiger charge is -2.06. The van der Waals surface area contributed by atoms with Crippen LogP contribution in [0.15, 0.2) is 41.3 Å². The first-order valence-electron chi connectivity index (χ1n) is 7.81. The number of thioether (sulfide) groups is 1. The van der Waals surface area contributed by atoms with Crippen molar-refractivity contribution in [2.75, 3.05) is 5.75 Å². The number of hydrogen-bond acceptors (Lipinski definition) is 3. The predicted octanol–water partition coefficient (Wildman–Crippen LogP) is 3.79. The summed E-state index contributed by atoms with van der Waals surface area (Å²) in [6.45, 7) is 2.73. The summed E-state index contributed by atoms with van der Waals surface area (Å²) in [6.07, 6.45) is 1.67. The maximum atomic E-state index is 12.7. The fourth-order valence-corrected chi connectivity index (χ4v) is 3.73. The molecule has 1 aromatic carbocycles. The summed E-state index contributed by atoms with van der Waals surface area (Å²) in [5.41, 5.74) is 1.96. The standard InChI is InChI=1S/C18H19NO3S/c1-2-11-23-13-5-3-12(4-6-13)17(20)16-8-7-15-14(18(21)22)9-10-19(15)16/h3-8,14H,2,9-11H2,1H3,(H,21,22). The van der Waals surface area contributed by atoms with Crippen molar-refractivity contribution >= 4 is 23.5 Å². The van der Waals surface area contributed by atoms with Gasteiger partial charge in [-0.15, -0.1) is 11.8 Å². The number of rotatable bonds is 6. The second kappa shape index (κ2) is 6.62. The van der Waals surface area contributed by atoms with E-state index in [-0.39, 0.29) is 5.78 Å². The molecular formula is C18H19NO3S. The SMILES string of the molecule is CCCSc1ccc(C(=O)c2ccc3n2CCC3C(=O)O)cc1. The van der Waals surface area contributed by atoms with Gasteiger partial charge in [-0.1, -0.05) is 6.92 Å². The van der Waals surface area contributed by atoms with Crippen molar-refractivity contribution in [3.05, 3.63) is 53.3 Å². The topological polar surface area (TPSA) is 59.3 Å². The molecule has 4 nitrogen and oxygen atoms in total. The zero-order valence-corrected chi connectivity index (χ0v) is 13.8. The van der Waals surface area contributed by atoms with Crippen LogP contribution in [-0.2, 0) is 11.3 Å². The van der Waals surface area contributed by atoms with E-state index in [0.717, 1.165) is 22.8 Å². The van der Waals surface area contributed by atoms with Crippen molar-refractivity contribution in [2.24, 2.45) is 0 Å². The molecule has 120 valence electrons. The van der Waals surface area contributed by atoms with Gasteiger partial charge in [0.2, 0.25) is 5.78 Å². The van der Waals surface area contributed by atoms with Crippen LogP contribution in [0.1, 0.15) is 47.4 Å². The van der Waals surface area contributed by atoms with Crippen LogP contribution in [0.25, 0.3) is 0 Å².